The first-order valence-corrected chi connectivity index (χ1v) is 7.32. The van der Waals surface area contributed by atoms with E-state index in [4.69, 9.17) is 5.73 Å². The minimum absolute atomic E-state index is 0.0574. The highest BCUT2D eigenvalue weighted by molar-refractivity contribution is 5.94. The van der Waals surface area contributed by atoms with Crippen LogP contribution >= 0.6 is 0 Å². The molecule has 1 unspecified atom stereocenters. The van der Waals surface area contributed by atoms with Gasteiger partial charge in [0.25, 0.3) is 5.91 Å². The van der Waals surface area contributed by atoms with Crippen LogP contribution in [0.5, 0.6) is 0 Å². The molecule has 0 bridgehead atoms. The summed E-state index contributed by atoms with van der Waals surface area (Å²) in [6.07, 6.45) is 3.08. The Morgan fingerprint density at radius 1 is 1.30 bits per heavy atom. The van der Waals surface area contributed by atoms with Gasteiger partial charge in [-0.1, -0.05) is 12.1 Å². The third-order valence-corrected chi connectivity index (χ3v) is 3.98. The maximum absolute atomic E-state index is 12.5. The number of benzene rings is 1. The lowest BCUT2D eigenvalue weighted by Gasteiger charge is -2.22. The second kappa shape index (κ2) is 6.37. The van der Waals surface area contributed by atoms with E-state index in [2.05, 4.69) is 0 Å². The van der Waals surface area contributed by atoms with Gasteiger partial charge >= 0.3 is 0 Å². The van der Waals surface area contributed by atoms with Gasteiger partial charge in [-0.15, -0.1) is 0 Å². The molecule has 20 heavy (non-hydrogen) atoms. The Labute approximate surface area is 120 Å². The van der Waals surface area contributed by atoms with E-state index in [-0.39, 0.29) is 5.91 Å². The van der Waals surface area contributed by atoms with Gasteiger partial charge in [-0.25, -0.2) is 0 Å². The number of nitrogens with two attached hydrogens (primary N) is 1. The number of rotatable bonds is 3. The molecular formula is C16H24N2O2. The zero-order valence-electron chi connectivity index (χ0n) is 12.1. The molecule has 110 valence electrons. The predicted molar refractivity (Wildman–Crippen MR) is 79.6 cm³/mol. The summed E-state index contributed by atoms with van der Waals surface area (Å²) in [4.78, 5) is 14.3. The van der Waals surface area contributed by atoms with Crippen LogP contribution in [0.15, 0.2) is 24.3 Å². The Bertz CT molecular complexity index is 454. The Hall–Kier alpha value is -1.39. The van der Waals surface area contributed by atoms with E-state index in [0.717, 1.165) is 31.4 Å². The Morgan fingerprint density at radius 2 is 2.00 bits per heavy atom. The molecule has 1 atom stereocenters. The fraction of sp³-hybridized carbons (Fsp3) is 0.562. The molecule has 0 aliphatic carbocycles. The normalized spacial score (nSPS) is 23.4. The van der Waals surface area contributed by atoms with Gasteiger partial charge in [0, 0.05) is 18.7 Å². The number of amides is 1. The van der Waals surface area contributed by atoms with Crippen molar-refractivity contribution in [3.63, 3.8) is 0 Å². The van der Waals surface area contributed by atoms with Crippen LogP contribution in [0.1, 0.15) is 42.1 Å². The van der Waals surface area contributed by atoms with Crippen molar-refractivity contribution in [3.8, 4) is 0 Å². The van der Waals surface area contributed by atoms with Gasteiger partial charge in [-0.3, -0.25) is 4.79 Å². The molecule has 4 nitrogen and oxygen atoms in total. The quantitative estimate of drug-likeness (QED) is 0.880. The maximum atomic E-state index is 12.5. The molecule has 0 spiro atoms. The number of likely N-dealkylation sites (tertiary alicyclic amines) is 1. The van der Waals surface area contributed by atoms with Gasteiger partial charge in [0.15, 0.2) is 0 Å². The molecule has 0 aromatic heterocycles. The summed E-state index contributed by atoms with van der Waals surface area (Å²) >= 11 is 0. The second-order valence-electron chi connectivity index (χ2n) is 5.88. The number of nitrogens with zero attached hydrogens (tertiary/aromatic N) is 1. The van der Waals surface area contributed by atoms with Crippen LogP contribution < -0.4 is 5.73 Å². The highest BCUT2D eigenvalue weighted by atomic mass is 16.3. The summed E-state index contributed by atoms with van der Waals surface area (Å²) in [6, 6.07) is 7.68. The highest BCUT2D eigenvalue weighted by Crippen LogP contribution is 2.22. The standard InChI is InChI=1S/C16H24N2O2/c1-16(20)8-2-11-18(12-9-16)15(19)14-5-3-13(4-6-14)7-10-17/h3-6,20H,2,7-12,17H2,1H3. The number of hydrogen-bond donors (Lipinski definition) is 2. The summed E-state index contributed by atoms with van der Waals surface area (Å²) in [6.45, 7) is 3.81. The first-order chi connectivity index (χ1) is 9.52. The third-order valence-electron chi connectivity index (χ3n) is 3.98. The zero-order valence-corrected chi connectivity index (χ0v) is 12.1. The SMILES string of the molecule is CC1(O)CCCN(C(=O)c2ccc(CCN)cc2)CC1. The van der Waals surface area contributed by atoms with Crippen molar-refractivity contribution in [2.75, 3.05) is 19.6 Å². The first kappa shape index (κ1) is 15.0. The van der Waals surface area contributed by atoms with Crippen LogP contribution in [0.3, 0.4) is 0 Å². The zero-order chi connectivity index (χ0) is 14.6. The molecular weight excluding hydrogens is 252 g/mol. The molecule has 2 rings (SSSR count). The molecule has 3 N–H and O–H groups in total. The first-order valence-electron chi connectivity index (χ1n) is 7.32. The van der Waals surface area contributed by atoms with Crippen LogP contribution in [-0.4, -0.2) is 41.1 Å². The van der Waals surface area contributed by atoms with E-state index in [1.807, 2.05) is 36.1 Å². The van der Waals surface area contributed by atoms with Gasteiger partial charge in [-0.2, -0.15) is 0 Å². The minimum Gasteiger partial charge on any atom is -0.390 e. The fourth-order valence-corrected chi connectivity index (χ4v) is 2.63. The lowest BCUT2D eigenvalue weighted by atomic mass is 9.98. The largest absolute Gasteiger partial charge is 0.390 e. The van der Waals surface area contributed by atoms with E-state index in [0.29, 0.717) is 25.1 Å². The summed E-state index contributed by atoms with van der Waals surface area (Å²) in [5, 5.41) is 10.1. The molecule has 1 heterocycles. The average molecular weight is 276 g/mol. The van der Waals surface area contributed by atoms with E-state index >= 15 is 0 Å². The molecule has 1 aromatic rings. The van der Waals surface area contributed by atoms with Gasteiger partial charge in [0.1, 0.15) is 0 Å². The number of carbonyl (C=O) groups is 1. The predicted octanol–water partition coefficient (Wildman–Crippen LogP) is 1.56. The van der Waals surface area contributed by atoms with Crippen molar-refractivity contribution in [1.29, 1.82) is 0 Å². The van der Waals surface area contributed by atoms with Gasteiger partial charge in [0.2, 0.25) is 0 Å². The summed E-state index contributed by atoms with van der Waals surface area (Å²) in [7, 11) is 0. The van der Waals surface area contributed by atoms with Crippen molar-refractivity contribution in [2.24, 2.45) is 5.73 Å². The van der Waals surface area contributed by atoms with Crippen LogP contribution in [0.2, 0.25) is 0 Å². The molecule has 1 aliphatic rings. The highest BCUT2D eigenvalue weighted by Gasteiger charge is 2.27. The number of carbonyl (C=O) groups excluding carboxylic acids is 1. The van der Waals surface area contributed by atoms with Crippen molar-refractivity contribution in [2.45, 2.75) is 38.2 Å². The van der Waals surface area contributed by atoms with Crippen molar-refractivity contribution >= 4 is 5.91 Å². The summed E-state index contributed by atoms with van der Waals surface area (Å²) in [5.41, 5.74) is 6.75. The lowest BCUT2D eigenvalue weighted by molar-refractivity contribution is 0.0438. The van der Waals surface area contributed by atoms with Crippen LogP contribution in [0.25, 0.3) is 0 Å². The second-order valence-corrected chi connectivity index (χ2v) is 5.88. The monoisotopic (exact) mass is 276 g/mol. The van der Waals surface area contributed by atoms with Crippen LogP contribution in [0.4, 0.5) is 0 Å². The Kier molecular flexibility index (Phi) is 4.78. The Balaban J connectivity index is 2.03. The number of aliphatic hydroxyl groups is 1. The topological polar surface area (TPSA) is 66.6 Å². The maximum Gasteiger partial charge on any atom is 0.253 e. The molecule has 1 fully saturated rings. The molecule has 0 saturated carbocycles. The third kappa shape index (κ3) is 3.81. The van der Waals surface area contributed by atoms with Crippen LogP contribution in [-0.2, 0) is 6.42 Å². The van der Waals surface area contributed by atoms with E-state index in [1.54, 1.807) is 0 Å². The van der Waals surface area contributed by atoms with Crippen LogP contribution in [0, 0.1) is 0 Å². The number of hydrogen-bond acceptors (Lipinski definition) is 3. The van der Waals surface area contributed by atoms with Crippen molar-refractivity contribution in [1.82, 2.24) is 4.90 Å². The summed E-state index contributed by atoms with van der Waals surface area (Å²) < 4.78 is 0. The molecule has 1 aromatic carbocycles. The summed E-state index contributed by atoms with van der Waals surface area (Å²) in [5.74, 6) is 0.0574. The van der Waals surface area contributed by atoms with Crippen molar-refractivity contribution in [3.05, 3.63) is 35.4 Å². The van der Waals surface area contributed by atoms with Gasteiger partial charge in [-0.05, 0) is 56.8 Å². The van der Waals surface area contributed by atoms with Gasteiger partial charge < -0.3 is 15.7 Å². The molecule has 1 amide bonds. The molecule has 0 radical (unpaired) electrons. The minimum atomic E-state index is -0.639. The van der Waals surface area contributed by atoms with Crippen molar-refractivity contribution < 1.29 is 9.90 Å². The Morgan fingerprint density at radius 3 is 2.65 bits per heavy atom. The molecule has 1 aliphatic heterocycles. The smallest absolute Gasteiger partial charge is 0.253 e. The molecule has 4 heteroatoms. The van der Waals surface area contributed by atoms with E-state index in [1.165, 1.54) is 0 Å². The van der Waals surface area contributed by atoms with E-state index in [9.17, 15) is 9.90 Å². The van der Waals surface area contributed by atoms with Gasteiger partial charge in [0.05, 0.1) is 5.60 Å². The fourth-order valence-electron chi connectivity index (χ4n) is 2.63. The average Bonchev–Trinajstić information content (AvgIpc) is 2.60. The lowest BCUT2D eigenvalue weighted by Crippen LogP contribution is -2.33. The molecule has 1 saturated heterocycles. The van der Waals surface area contributed by atoms with E-state index < -0.39 is 5.60 Å².